The zero-order valence-corrected chi connectivity index (χ0v) is 11.4. The van der Waals surface area contributed by atoms with Crippen LogP contribution in [0.2, 0.25) is 0 Å². The lowest BCUT2D eigenvalue weighted by Crippen LogP contribution is -2.21. The molecule has 0 unspecified atom stereocenters. The van der Waals surface area contributed by atoms with Gasteiger partial charge in [-0.25, -0.2) is 0 Å². The molecule has 0 bridgehead atoms. The fourth-order valence-corrected chi connectivity index (χ4v) is 3.81. The predicted molar refractivity (Wildman–Crippen MR) is 64.2 cm³/mol. The third-order valence-electron chi connectivity index (χ3n) is 1.60. The second-order valence-electron chi connectivity index (χ2n) is 4.89. The summed E-state index contributed by atoms with van der Waals surface area (Å²) < 4.78 is 36.8. The van der Waals surface area contributed by atoms with Gasteiger partial charge in [-0.2, -0.15) is 13.2 Å². The molecule has 0 radical (unpaired) electrons. The van der Waals surface area contributed by atoms with E-state index in [0.717, 1.165) is 0 Å². The van der Waals surface area contributed by atoms with E-state index in [0.29, 0.717) is 0 Å². The molecule has 0 aliphatic heterocycles. The molecule has 0 saturated heterocycles. The predicted octanol–water partition coefficient (Wildman–Crippen LogP) is 5.14. The standard InChI is InChI=1S/C10H19F3S2/c1-7(2)8(6-10(11,12)13)14-15-9(3,4)5/h7-8H,6H2,1-5H3/t8-/m0/s1. The molecule has 0 heterocycles. The maximum Gasteiger partial charge on any atom is 0.390 e. The molecule has 0 nitrogen and oxygen atoms in total. The lowest BCUT2D eigenvalue weighted by atomic mass is 10.1. The van der Waals surface area contributed by atoms with Gasteiger partial charge in [0.15, 0.2) is 0 Å². The van der Waals surface area contributed by atoms with Crippen molar-refractivity contribution in [2.75, 3.05) is 0 Å². The van der Waals surface area contributed by atoms with E-state index in [2.05, 4.69) is 0 Å². The molecule has 15 heavy (non-hydrogen) atoms. The summed E-state index contributed by atoms with van der Waals surface area (Å²) >= 11 is 0. The van der Waals surface area contributed by atoms with E-state index in [9.17, 15) is 13.2 Å². The van der Waals surface area contributed by atoms with Crippen LogP contribution in [0.4, 0.5) is 13.2 Å². The van der Waals surface area contributed by atoms with Crippen LogP contribution in [0, 0.1) is 5.92 Å². The largest absolute Gasteiger partial charge is 0.390 e. The van der Waals surface area contributed by atoms with Crippen LogP contribution in [0.1, 0.15) is 41.0 Å². The summed E-state index contributed by atoms with van der Waals surface area (Å²) in [5.41, 5.74) is 0. The summed E-state index contributed by atoms with van der Waals surface area (Å²) in [5.74, 6) is 0.0477. The Labute approximate surface area is 98.2 Å². The van der Waals surface area contributed by atoms with Gasteiger partial charge in [0.1, 0.15) is 0 Å². The molecular weight excluding hydrogens is 241 g/mol. The topological polar surface area (TPSA) is 0 Å². The average molecular weight is 260 g/mol. The van der Waals surface area contributed by atoms with E-state index in [4.69, 9.17) is 0 Å². The maximum absolute atomic E-state index is 12.3. The van der Waals surface area contributed by atoms with Crippen molar-refractivity contribution in [3.05, 3.63) is 0 Å². The molecular formula is C10H19F3S2. The summed E-state index contributed by atoms with van der Waals surface area (Å²) in [6, 6.07) is 0. The average Bonchev–Trinajstić information content (AvgIpc) is 1.93. The van der Waals surface area contributed by atoms with Gasteiger partial charge in [-0.3, -0.25) is 0 Å². The number of alkyl halides is 3. The molecule has 0 aromatic carbocycles. The van der Waals surface area contributed by atoms with Gasteiger partial charge >= 0.3 is 6.18 Å². The second kappa shape index (κ2) is 5.71. The minimum Gasteiger partial charge on any atom is -0.171 e. The van der Waals surface area contributed by atoms with Gasteiger partial charge in [-0.15, -0.1) is 0 Å². The molecule has 0 spiro atoms. The molecule has 0 aliphatic rings. The number of rotatable bonds is 4. The van der Waals surface area contributed by atoms with Crippen molar-refractivity contribution in [1.82, 2.24) is 0 Å². The van der Waals surface area contributed by atoms with Crippen molar-refractivity contribution < 1.29 is 13.2 Å². The summed E-state index contributed by atoms with van der Waals surface area (Å²) in [7, 11) is 2.89. The first-order valence-corrected chi connectivity index (χ1v) is 7.14. The Hall–Kier alpha value is 0.490. The minimum absolute atomic E-state index is 0.00338. The lowest BCUT2D eigenvalue weighted by Gasteiger charge is -2.25. The van der Waals surface area contributed by atoms with E-state index in [1.54, 1.807) is 0 Å². The molecule has 0 aromatic rings. The number of hydrogen-bond acceptors (Lipinski definition) is 2. The Morgan fingerprint density at radius 3 is 1.80 bits per heavy atom. The van der Waals surface area contributed by atoms with Crippen molar-refractivity contribution in [3.63, 3.8) is 0 Å². The SMILES string of the molecule is CC(C)[C@H](CC(F)(F)F)SSC(C)(C)C. The Morgan fingerprint density at radius 2 is 1.53 bits per heavy atom. The number of halogens is 3. The number of hydrogen-bond donors (Lipinski definition) is 0. The Bertz CT molecular complexity index is 182. The van der Waals surface area contributed by atoms with Gasteiger partial charge in [0.25, 0.3) is 0 Å². The summed E-state index contributed by atoms with van der Waals surface area (Å²) in [5, 5.41) is -0.353. The van der Waals surface area contributed by atoms with Crippen LogP contribution in [0.5, 0.6) is 0 Å². The molecule has 0 aromatic heterocycles. The molecule has 1 atom stereocenters. The Balaban J connectivity index is 4.18. The van der Waals surface area contributed by atoms with E-state index in [1.165, 1.54) is 21.6 Å². The van der Waals surface area contributed by atoms with Gasteiger partial charge in [0.2, 0.25) is 0 Å². The molecule has 92 valence electrons. The zero-order chi connectivity index (χ0) is 12.3. The normalized spacial score (nSPS) is 15.8. The fourth-order valence-electron chi connectivity index (χ4n) is 0.815. The van der Waals surface area contributed by atoms with Gasteiger partial charge < -0.3 is 0 Å². The van der Waals surface area contributed by atoms with Crippen LogP contribution < -0.4 is 0 Å². The monoisotopic (exact) mass is 260 g/mol. The molecule has 0 saturated carbocycles. The molecule has 0 fully saturated rings. The summed E-state index contributed by atoms with van der Waals surface area (Å²) in [6.45, 7) is 9.71. The first kappa shape index (κ1) is 15.5. The molecule has 0 N–H and O–H groups in total. The quantitative estimate of drug-likeness (QED) is 0.642. The third-order valence-corrected chi connectivity index (χ3v) is 5.68. The van der Waals surface area contributed by atoms with Gasteiger partial charge in [0, 0.05) is 10.00 Å². The second-order valence-corrected chi connectivity index (χ2v) is 8.16. The lowest BCUT2D eigenvalue weighted by molar-refractivity contribution is -0.135. The van der Waals surface area contributed by atoms with Crippen LogP contribution in [0.15, 0.2) is 0 Å². The van der Waals surface area contributed by atoms with Crippen LogP contribution in [-0.4, -0.2) is 16.2 Å². The van der Waals surface area contributed by atoms with Crippen molar-refractivity contribution in [3.8, 4) is 0 Å². The van der Waals surface area contributed by atoms with E-state index in [-0.39, 0.29) is 15.9 Å². The molecule has 0 rings (SSSR count). The highest BCUT2D eigenvalue weighted by atomic mass is 33.1. The first-order chi connectivity index (χ1) is 6.51. The van der Waals surface area contributed by atoms with Crippen LogP contribution in [-0.2, 0) is 0 Å². The Kier molecular flexibility index (Phi) is 5.90. The summed E-state index contributed by atoms with van der Waals surface area (Å²) in [6.07, 6.45) is -4.75. The van der Waals surface area contributed by atoms with Gasteiger partial charge in [-0.05, 0) is 5.92 Å². The molecule has 0 aliphatic carbocycles. The smallest absolute Gasteiger partial charge is 0.171 e. The molecule has 5 heteroatoms. The highest BCUT2D eigenvalue weighted by Gasteiger charge is 2.34. The fraction of sp³-hybridized carbons (Fsp3) is 1.00. The summed E-state index contributed by atoms with van der Waals surface area (Å²) in [4.78, 5) is 0. The highest BCUT2D eigenvalue weighted by molar-refractivity contribution is 8.77. The van der Waals surface area contributed by atoms with Gasteiger partial charge in [0.05, 0.1) is 6.42 Å². The van der Waals surface area contributed by atoms with Crippen molar-refractivity contribution in [2.24, 2.45) is 5.92 Å². The first-order valence-electron chi connectivity index (χ1n) is 4.92. The van der Waals surface area contributed by atoms with Crippen LogP contribution in [0.3, 0.4) is 0 Å². The van der Waals surface area contributed by atoms with E-state index >= 15 is 0 Å². The van der Waals surface area contributed by atoms with E-state index < -0.39 is 12.6 Å². The zero-order valence-electron chi connectivity index (χ0n) is 9.81. The minimum atomic E-state index is -4.06. The maximum atomic E-state index is 12.3. The van der Waals surface area contributed by atoms with Crippen LogP contribution in [0.25, 0.3) is 0 Å². The Morgan fingerprint density at radius 1 is 1.07 bits per heavy atom. The van der Waals surface area contributed by atoms with Crippen molar-refractivity contribution in [2.45, 2.75) is 57.2 Å². The van der Waals surface area contributed by atoms with E-state index in [1.807, 2.05) is 34.6 Å². The third kappa shape index (κ3) is 9.42. The van der Waals surface area contributed by atoms with Crippen molar-refractivity contribution >= 4 is 21.6 Å². The van der Waals surface area contributed by atoms with Crippen molar-refractivity contribution in [1.29, 1.82) is 0 Å². The van der Waals surface area contributed by atoms with Crippen LogP contribution >= 0.6 is 21.6 Å². The molecule has 0 amide bonds. The van der Waals surface area contributed by atoms with Gasteiger partial charge in [-0.1, -0.05) is 56.2 Å². The highest BCUT2D eigenvalue weighted by Crippen LogP contribution is 2.43.